The molecular weight excluding hydrogens is 336 g/mol. The summed E-state index contributed by atoms with van der Waals surface area (Å²) in [5, 5.41) is 6.62. The lowest BCUT2D eigenvalue weighted by molar-refractivity contribution is -0.131. The van der Waals surface area contributed by atoms with Crippen molar-refractivity contribution in [2.45, 2.75) is 39.4 Å². The van der Waals surface area contributed by atoms with Crippen molar-refractivity contribution >= 4 is 11.9 Å². The summed E-state index contributed by atoms with van der Waals surface area (Å²) in [7, 11) is 1.76. The van der Waals surface area contributed by atoms with Gasteiger partial charge in [0.1, 0.15) is 0 Å². The first-order chi connectivity index (χ1) is 13.2. The van der Waals surface area contributed by atoms with Gasteiger partial charge in [0.05, 0.1) is 0 Å². The van der Waals surface area contributed by atoms with Crippen LogP contribution >= 0.6 is 0 Å². The molecule has 0 aromatic heterocycles. The van der Waals surface area contributed by atoms with Crippen molar-refractivity contribution in [1.82, 2.24) is 15.5 Å². The number of aryl methyl sites for hydroxylation is 1. The highest BCUT2D eigenvalue weighted by Crippen LogP contribution is 2.22. The van der Waals surface area contributed by atoms with Gasteiger partial charge < -0.3 is 15.5 Å². The number of carbonyl (C=O) groups is 1. The molecule has 0 atom stereocenters. The normalized spacial score (nSPS) is 13.4. The molecule has 5 heteroatoms. The van der Waals surface area contributed by atoms with Crippen LogP contribution in [0.2, 0.25) is 0 Å². The van der Waals surface area contributed by atoms with Gasteiger partial charge in [-0.05, 0) is 35.6 Å². The molecule has 1 heterocycles. The van der Waals surface area contributed by atoms with Gasteiger partial charge in [-0.15, -0.1) is 0 Å². The van der Waals surface area contributed by atoms with Gasteiger partial charge >= 0.3 is 0 Å². The molecule has 2 aromatic rings. The van der Waals surface area contributed by atoms with Crippen molar-refractivity contribution in [1.29, 1.82) is 0 Å². The molecule has 1 aliphatic heterocycles. The van der Waals surface area contributed by atoms with E-state index in [1.165, 1.54) is 22.3 Å². The lowest BCUT2D eigenvalue weighted by Crippen LogP contribution is -2.37. The third-order valence-electron chi connectivity index (χ3n) is 4.98. The van der Waals surface area contributed by atoms with Crippen LogP contribution in [-0.4, -0.2) is 30.4 Å². The molecule has 0 saturated carbocycles. The van der Waals surface area contributed by atoms with Crippen LogP contribution in [-0.2, 0) is 24.4 Å². The number of aliphatic imine (C=N–C) groups is 1. The topological polar surface area (TPSA) is 56.7 Å². The Hall–Kier alpha value is -2.82. The fraction of sp³-hybridized carbons (Fsp3) is 0.364. The zero-order valence-electron chi connectivity index (χ0n) is 16.2. The fourth-order valence-corrected chi connectivity index (χ4v) is 3.32. The minimum Gasteiger partial charge on any atom is -0.356 e. The van der Waals surface area contributed by atoms with E-state index in [-0.39, 0.29) is 5.91 Å². The average molecular weight is 364 g/mol. The van der Waals surface area contributed by atoms with E-state index in [0.717, 1.165) is 38.6 Å². The lowest BCUT2D eigenvalue weighted by atomic mass is 10.1. The van der Waals surface area contributed by atoms with Crippen LogP contribution in [0.4, 0.5) is 0 Å². The third-order valence-corrected chi connectivity index (χ3v) is 4.98. The zero-order valence-corrected chi connectivity index (χ0v) is 16.2. The number of hydrogen-bond donors (Lipinski definition) is 2. The van der Waals surface area contributed by atoms with Crippen molar-refractivity contribution in [3.63, 3.8) is 0 Å². The van der Waals surface area contributed by atoms with E-state index in [0.29, 0.717) is 6.42 Å². The second kappa shape index (κ2) is 9.21. The van der Waals surface area contributed by atoms with Crippen molar-refractivity contribution in [2.75, 3.05) is 13.6 Å². The van der Waals surface area contributed by atoms with Crippen LogP contribution in [0.1, 0.15) is 35.1 Å². The van der Waals surface area contributed by atoms with E-state index in [9.17, 15) is 4.79 Å². The standard InChI is InChI=1S/C22H28N4O/c1-17-8-3-4-9-18(17)14-25-22(23-2)24-13-7-12-21(27)26-15-19-10-5-6-11-20(19)16-26/h3-6,8-11H,7,12-16H2,1-2H3,(H2,23,24,25). The molecule has 3 rings (SSSR count). The van der Waals surface area contributed by atoms with E-state index in [2.05, 4.69) is 46.8 Å². The number of fused-ring (bicyclic) bond motifs is 1. The summed E-state index contributed by atoms with van der Waals surface area (Å²) >= 11 is 0. The van der Waals surface area contributed by atoms with Gasteiger partial charge in [0, 0.05) is 39.6 Å². The van der Waals surface area contributed by atoms with Gasteiger partial charge in [-0.3, -0.25) is 9.79 Å². The van der Waals surface area contributed by atoms with E-state index in [1.807, 2.05) is 29.2 Å². The van der Waals surface area contributed by atoms with Crippen LogP contribution < -0.4 is 10.6 Å². The number of nitrogens with one attached hydrogen (secondary N) is 2. The Labute approximate surface area is 161 Å². The second-order valence-electron chi connectivity index (χ2n) is 6.90. The van der Waals surface area contributed by atoms with Crippen LogP contribution in [0, 0.1) is 6.92 Å². The first-order valence-corrected chi connectivity index (χ1v) is 9.51. The Bertz CT molecular complexity index is 790. The Morgan fingerprint density at radius 1 is 1.04 bits per heavy atom. The molecule has 1 aliphatic rings. The van der Waals surface area contributed by atoms with Crippen LogP contribution in [0.25, 0.3) is 0 Å². The third kappa shape index (κ3) is 5.09. The number of benzene rings is 2. The van der Waals surface area contributed by atoms with Gasteiger partial charge in [0.25, 0.3) is 0 Å². The maximum Gasteiger partial charge on any atom is 0.223 e. The summed E-state index contributed by atoms with van der Waals surface area (Å²) in [6.45, 7) is 5.04. The Morgan fingerprint density at radius 2 is 1.70 bits per heavy atom. The number of guanidine groups is 1. The molecule has 0 unspecified atom stereocenters. The van der Waals surface area contributed by atoms with Gasteiger partial charge in [-0.1, -0.05) is 48.5 Å². The summed E-state index contributed by atoms with van der Waals surface area (Å²) in [6.07, 6.45) is 1.34. The number of amides is 1. The Balaban J connectivity index is 1.36. The number of nitrogens with zero attached hydrogens (tertiary/aromatic N) is 2. The molecule has 2 aromatic carbocycles. The fourth-order valence-electron chi connectivity index (χ4n) is 3.32. The predicted molar refractivity (Wildman–Crippen MR) is 109 cm³/mol. The van der Waals surface area contributed by atoms with Crippen molar-refractivity contribution < 1.29 is 4.79 Å². The van der Waals surface area contributed by atoms with Crippen molar-refractivity contribution in [3.05, 3.63) is 70.8 Å². The van der Waals surface area contributed by atoms with Crippen LogP contribution in [0.5, 0.6) is 0 Å². The highest BCUT2D eigenvalue weighted by molar-refractivity contribution is 5.80. The van der Waals surface area contributed by atoms with Gasteiger partial charge in [-0.2, -0.15) is 0 Å². The first kappa shape index (κ1) is 19.0. The molecule has 0 fully saturated rings. The number of hydrogen-bond acceptors (Lipinski definition) is 2. The van der Waals surface area contributed by atoms with Gasteiger partial charge in [-0.25, -0.2) is 0 Å². The summed E-state index contributed by atoms with van der Waals surface area (Å²) < 4.78 is 0. The van der Waals surface area contributed by atoms with Crippen molar-refractivity contribution in [3.8, 4) is 0 Å². The second-order valence-corrected chi connectivity index (χ2v) is 6.90. The molecule has 0 aliphatic carbocycles. The Morgan fingerprint density at radius 3 is 2.37 bits per heavy atom. The van der Waals surface area contributed by atoms with E-state index in [1.54, 1.807) is 7.05 Å². The maximum atomic E-state index is 12.4. The highest BCUT2D eigenvalue weighted by Gasteiger charge is 2.22. The molecule has 142 valence electrons. The molecule has 5 nitrogen and oxygen atoms in total. The average Bonchev–Trinajstić information content (AvgIpc) is 3.13. The smallest absolute Gasteiger partial charge is 0.223 e. The zero-order chi connectivity index (χ0) is 19.1. The summed E-state index contributed by atoms with van der Waals surface area (Å²) in [4.78, 5) is 18.6. The molecule has 0 saturated heterocycles. The maximum absolute atomic E-state index is 12.4. The minimum atomic E-state index is 0.218. The van der Waals surface area contributed by atoms with E-state index >= 15 is 0 Å². The van der Waals surface area contributed by atoms with Gasteiger partial charge in [0.2, 0.25) is 5.91 Å². The van der Waals surface area contributed by atoms with E-state index in [4.69, 9.17) is 0 Å². The predicted octanol–water partition coefficient (Wildman–Crippen LogP) is 2.98. The summed E-state index contributed by atoms with van der Waals surface area (Å²) in [6, 6.07) is 16.6. The summed E-state index contributed by atoms with van der Waals surface area (Å²) in [5.74, 6) is 0.982. The van der Waals surface area contributed by atoms with E-state index < -0.39 is 0 Å². The van der Waals surface area contributed by atoms with Crippen molar-refractivity contribution in [2.24, 2.45) is 4.99 Å². The largest absolute Gasteiger partial charge is 0.356 e. The molecule has 27 heavy (non-hydrogen) atoms. The molecule has 0 bridgehead atoms. The monoisotopic (exact) mass is 364 g/mol. The molecule has 0 radical (unpaired) electrons. The minimum absolute atomic E-state index is 0.218. The van der Waals surface area contributed by atoms with Gasteiger partial charge in [0.15, 0.2) is 5.96 Å². The number of carbonyl (C=O) groups excluding carboxylic acids is 1. The van der Waals surface area contributed by atoms with Crippen LogP contribution in [0.15, 0.2) is 53.5 Å². The molecule has 1 amide bonds. The highest BCUT2D eigenvalue weighted by atomic mass is 16.2. The molecule has 2 N–H and O–H groups in total. The first-order valence-electron chi connectivity index (χ1n) is 9.51. The lowest BCUT2D eigenvalue weighted by Gasteiger charge is -2.16. The summed E-state index contributed by atoms with van der Waals surface area (Å²) in [5.41, 5.74) is 5.05. The van der Waals surface area contributed by atoms with Crippen LogP contribution in [0.3, 0.4) is 0 Å². The quantitative estimate of drug-likeness (QED) is 0.471. The molecular formula is C22H28N4O. The number of rotatable bonds is 6. The Kier molecular flexibility index (Phi) is 6.47. The molecule has 0 spiro atoms. The SMILES string of the molecule is CN=C(NCCCC(=O)N1Cc2ccccc2C1)NCc1ccccc1C.